The molecule has 32 heavy (non-hydrogen) atoms. The molecule has 170 valence electrons. The van der Waals surface area contributed by atoms with Crippen molar-refractivity contribution in [2.45, 2.75) is 51.4 Å². The summed E-state index contributed by atoms with van der Waals surface area (Å²) in [6, 6.07) is 13.7. The Labute approximate surface area is 190 Å². The Bertz CT molecular complexity index is 953. The number of amides is 2. The van der Waals surface area contributed by atoms with Crippen LogP contribution in [0.5, 0.6) is 5.75 Å². The topological polar surface area (TPSA) is 70.7 Å². The lowest BCUT2D eigenvalue weighted by molar-refractivity contribution is -0.116. The van der Waals surface area contributed by atoms with Crippen LogP contribution in [0.1, 0.15) is 62.5 Å². The van der Waals surface area contributed by atoms with E-state index in [4.69, 9.17) is 4.74 Å². The lowest BCUT2D eigenvalue weighted by Crippen LogP contribution is -2.30. The molecule has 0 aliphatic carbocycles. The molecule has 2 amide bonds. The van der Waals surface area contributed by atoms with Crippen LogP contribution in [0.3, 0.4) is 0 Å². The summed E-state index contributed by atoms with van der Waals surface area (Å²) in [4.78, 5) is 26.4. The predicted molar refractivity (Wildman–Crippen MR) is 127 cm³/mol. The van der Waals surface area contributed by atoms with Gasteiger partial charge in [-0.25, -0.2) is 0 Å². The van der Waals surface area contributed by atoms with E-state index < -0.39 is 0 Å². The molecule has 0 saturated carbocycles. The number of rotatable bonds is 8. The van der Waals surface area contributed by atoms with E-state index in [9.17, 15) is 9.59 Å². The molecule has 6 nitrogen and oxygen atoms in total. The molecule has 2 aliphatic rings. The molecule has 6 heteroatoms. The Hall–Kier alpha value is -2.86. The van der Waals surface area contributed by atoms with Gasteiger partial charge in [-0.05, 0) is 69.1 Å². The van der Waals surface area contributed by atoms with Crippen molar-refractivity contribution in [1.82, 2.24) is 4.90 Å². The van der Waals surface area contributed by atoms with Gasteiger partial charge in [0.25, 0.3) is 0 Å². The van der Waals surface area contributed by atoms with Gasteiger partial charge < -0.3 is 20.3 Å². The first kappa shape index (κ1) is 22.3. The van der Waals surface area contributed by atoms with Gasteiger partial charge in [-0.3, -0.25) is 9.59 Å². The number of carbonyl (C=O) groups is 2. The van der Waals surface area contributed by atoms with Crippen LogP contribution >= 0.6 is 0 Å². The molecule has 1 atom stereocenters. The summed E-state index contributed by atoms with van der Waals surface area (Å²) in [5.74, 6) is 0.609. The molecule has 2 aromatic carbocycles. The van der Waals surface area contributed by atoms with Crippen molar-refractivity contribution in [3.05, 3.63) is 53.6 Å². The number of hydrogen-bond acceptors (Lipinski definition) is 4. The van der Waals surface area contributed by atoms with E-state index in [-0.39, 0.29) is 17.7 Å². The van der Waals surface area contributed by atoms with Gasteiger partial charge in [0.05, 0.1) is 6.61 Å². The number of likely N-dealkylation sites (tertiary alicyclic amines) is 1. The maximum Gasteiger partial charge on any atom is 0.225 e. The van der Waals surface area contributed by atoms with Crippen LogP contribution in [0, 0.1) is 0 Å². The molecule has 0 aromatic heterocycles. The minimum absolute atomic E-state index is 0.0289. The highest BCUT2D eigenvalue weighted by Gasteiger charge is 2.28. The largest absolute Gasteiger partial charge is 0.493 e. The van der Waals surface area contributed by atoms with E-state index in [0.717, 1.165) is 42.0 Å². The number of nitrogens with zero attached hydrogens (tertiary/aromatic N) is 1. The Morgan fingerprint density at radius 3 is 2.72 bits per heavy atom. The maximum absolute atomic E-state index is 12.5. The van der Waals surface area contributed by atoms with E-state index in [1.54, 1.807) is 0 Å². The smallest absolute Gasteiger partial charge is 0.225 e. The van der Waals surface area contributed by atoms with Crippen LogP contribution in [0.15, 0.2) is 42.5 Å². The van der Waals surface area contributed by atoms with Crippen molar-refractivity contribution in [3.63, 3.8) is 0 Å². The highest BCUT2D eigenvalue weighted by atomic mass is 16.5. The zero-order valence-corrected chi connectivity index (χ0v) is 18.9. The second-order valence-corrected chi connectivity index (χ2v) is 8.78. The number of carbonyl (C=O) groups excluding carboxylic acids is 2. The van der Waals surface area contributed by atoms with E-state index in [2.05, 4.69) is 21.6 Å². The second-order valence-electron chi connectivity index (χ2n) is 8.78. The summed E-state index contributed by atoms with van der Waals surface area (Å²) < 4.78 is 6.20. The predicted octanol–water partition coefficient (Wildman–Crippen LogP) is 4.76. The fraction of sp³-hybridized carbons (Fsp3) is 0.462. The van der Waals surface area contributed by atoms with Crippen LogP contribution in [-0.4, -0.2) is 43.0 Å². The molecular formula is C26H33N3O3. The monoisotopic (exact) mass is 435 g/mol. The summed E-state index contributed by atoms with van der Waals surface area (Å²) in [5, 5.41) is 5.73. The average molecular weight is 436 g/mol. The molecule has 0 bridgehead atoms. The molecule has 1 saturated heterocycles. The zero-order chi connectivity index (χ0) is 22.3. The summed E-state index contributed by atoms with van der Waals surface area (Å²) in [5.41, 5.74) is 3.50. The Balaban J connectivity index is 1.42. The molecule has 4 rings (SSSR count). The number of benzene rings is 2. The lowest BCUT2D eigenvalue weighted by Gasteiger charge is -2.28. The van der Waals surface area contributed by atoms with E-state index in [0.29, 0.717) is 18.7 Å². The van der Waals surface area contributed by atoms with Gasteiger partial charge in [-0.1, -0.05) is 30.7 Å². The molecular weight excluding hydrogens is 402 g/mol. The van der Waals surface area contributed by atoms with Crippen LogP contribution in [0.25, 0.3) is 0 Å². The minimum atomic E-state index is -0.136. The van der Waals surface area contributed by atoms with Crippen molar-refractivity contribution in [2.75, 3.05) is 36.9 Å². The summed E-state index contributed by atoms with van der Waals surface area (Å²) >= 11 is 0. The minimum Gasteiger partial charge on any atom is -0.493 e. The molecule has 0 spiro atoms. The average Bonchev–Trinajstić information content (AvgIpc) is 2.79. The number of unbranched alkanes of at least 4 members (excludes halogenated alkanes) is 1. The van der Waals surface area contributed by atoms with Gasteiger partial charge in [-0.2, -0.15) is 0 Å². The van der Waals surface area contributed by atoms with Crippen molar-refractivity contribution in [2.24, 2.45) is 0 Å². The molecule has 1 fully saturated rings. The molecule has 0 radical (unpaired) electrons. The lowest BCUT2D eigenvalue weighted by atomic mass is 9.84. The Morgan fingerprint density at radius 1 is 1.09 bits per heavy atom. The highest BCUT2D eigenvalue weighted by Crippen LogP contribution is 2.41. The number of anilines is 2. The van der Waals surface area contributed by atoms with Gasteiger partial charge in [0.15, 0.2) is 0 Å². The quantitative estimate of drug-likeness (QED) is 0.586. The normalized spacial score (nSPS) is 18.5. The Kier molecular flexibility index (Phi) is 7.43. The zero-order valence-electron chi connectivity index (χ0n) is 18.9. The Morgan fingerprint density at radius 2 is 1.91 bits per heavy atom. The number of fused-ring (bicyclic) bond motifs is 1. The number of hydrogen-bond donors (Lipinski definition) is 2. The molecule has 2 N–H and O–H groups in total. The fourth-order valence-corrected chi connectivity index (χ4v) is 4.73. The third kappa shape index (κ3) is 5.68. The van der Waals surface area contributed by atoms with Gasteiger partial charge in [0, 0.05) is 36.2 Å². The number of piperidine rings is 1. The molecule has 2 aromatic rings. The first-order valence-corrected chi connectivity index (χ1v) is 11.8. The summed E-state index contributed by atoms with van der Waals surface area (Å²) in [6.45, 7) is 5.77. The van der Waals surface area contributed by atoms with Crippen LogP contribution in [0.4, 0.5) is 11.4 Å². The first-order chi connectivity index (χ1) is 15.6. The van der Waals surface area contributed by atoms with Crippen molar-refractivity contribution in [3.8, 4) is 5.75 Å². The molecule has 2 heterocycles. The summed E-state index contributed by atoms with van der Waals surface area (Å²) in [6.07, 6.45) is 6.56. The van der Waals surface area contributed by atoms with Crippen molar-refractivity contribution < 1.29 is 14.3 Å². The molecule has 2 aliphatic heterocycles. The highest BCUT2D eigenvalue weighted by molar-refractivity contribution is 5.97. The fourth-order valence-electron chi connectivity index (χ4n) is 4.73. The SMILES string of the molecule is CC(=O)Nc1ccc2c(c1)NC(=O)CC2c1ccccc1OCCCCN1CCCCC1. The van der Waals surface area contributed by atoms with Gasteiger partial charge >= 0.3 is 0 Å². The molecule has 1 unspecified atom stereocenters. The van der Waals surface area contributed by atoms with Crippen molar-refractivity contribution in [1.29, 1.82) is 0 Å². The van der Waals surface area contributed by atoms with E-state index >= 15 is 0 Å². The number of nitrogens with one attached hydrogen (secondary N) is 2. The van der Waals surface area contributed by atoms with Gasteiger partial charge in [0.2, 0.25) is 11.8 Å². The van der Waals surface area contributed by atoms with Crippen molar-refractivity contribution >= 4 is 23.2 Å². The number of ether oxygens (including phenoxy) is 1. The van der Waals surface area contributed by atoms with E-state index in [1.807, 2.05) is 36.4 Å². The van der Waals surface area contributed by atoms with Crippen LogP contribution in [-0.2, 0) is 9.59 Å². The second kappa shape index (κ2) is 10.6. The standard InChI is InChI=1S/C26H33N3O3/c1-19(30)27-20-11-12-21-23(18-26(31)28-24(21)17-20)22-9-3-4-10-25(22)32-16-8-7-15-29-13-5-2-6-14-29/h3-4,9-12,17,23H,2,5-8,13-16,18H2,1H3,(H,27,30)(H,28,31). The third-order valence-corrected chi connectivity index (χ3v) is 6.28. The van der Waals surface area contributed by atoms with Crippen LogP contribution in [0.2, 0.25) is 0 Å². The summed E-state index contributed by atoms with van der Waals surface area (Å²) in [7, 11) is 0. The van der Waals surface area contributed by atoms with Crippen LogP contribution < -0.4 is 15.4 Å². The van der Waals surface area contributed by atoms with Gasteiger partial charge in [0.1, 0.15) is 5.75 Å². The first-order valence-electron chi connectivity index (χ1n) is 11.8. The van der Waals surface area contributed by atoms with Gasteiger partial charge in [-0.15, -0.1) is 0 Å². The maximum atomic E-state index is 12.5. The van der Waals surface area contributed by atoms with E-state index in [1.165, 1.54) is 39.3 Å². The number of para-hydroxylation sites is 1. The third-order valence-electron chi connectivity index (χ3n) is 6.28.